The van der Waals surface area contributed by atoms with Gasteiger partial charge in [0.1, 0.15) is 12.4 Å². The highest BCUT2D eigenvalue weighted by Gasteiger charge is 2.50. The zero-order chi connectivity index (χ0) is 17.8. The van der Waals surface area contributed by atoms with Crippen molar-refractivity contribution in [3.63, 3.8) is 0 Å². The van der Waals surface area contributed by atoms with Gasteiger partial charge in [-0.3, -0.25) is 4.79 Å². The van der Waals surface area contributed by atoms with Crippen molar-refractivity contribution in [2.24, 2.45) is 0 Å². The van der Waals surface area contributed by atoms with E-state index in [4.69, 9.17) is 4.74 Å². The summed E-state index contributed by atoms with van der Waals surface area (Å²) >= 11 is 0. The predicted octanol–water partition coefficient (Wildman–Crippen LogP) is 3.36. The Hall–Kier alpha value is -2.39. The Balaban J connectivity index is 2.36. The van der Waals surface area contributed by atoms with Crippen molar-refractivity contribution in [1.29, 1.82) is 0 Å². The highest BCUT2D eigenvalue weighted by molar-refractivity contribution is 7.87. The van der Waals surface area contributed by atoms with Crippen LogP contribution in [0.4, 0.5) is 13.3 Å². The number of ether oxygens (including phenoxy) is 1. The van der Waals surface area contributed by atoms with Gasteiger partial charge in [-0.15, -0.1) is 0 Å². The first-order chi connectivity index (χ1) is 11.3. The molecule has 128 valence electrons. The number of carbonyl (C=O) groups excluding carboxylic acids is 1. The first kappa shape index (κ1) is 18.0. The third kappa shape index (κ3) is 3.57. The quantitative estimate of drug-likeness (QED) is 0.708. The molecule has 0 aliphatic carbocycles. The van der Waals surface area contributed by atoms with Crippen molar-refractivity contribution in [3.05, 3.63) is 65.2 Å². The topological polar surface area (TPSA) is 69.7 Å². The van der Waals surface area contributed by atoms with E-state index in [1.54, 1.807) is 30.3 Å². The Morgan fingerprint density at radius 1 is 1.08 bits per heavy atom. The lowest BCUT2D eigenvalue weighted by atomic mass is 10.1. The minimum atomic E-state index is -5.88. The minimum absolute atomic E-state index is 0.0258. The van der Waals surface area contributed by atoms with Crippen LogP contribution >= 0.6 is 0 Å². The second-order valence-corrected chi connectivity index (χ2v) is 6.22. The molecule has 0 fully saturated rings. The van der Waals surface area contributed by atoms with Crippen molar-refractivity contribution in [2.75, 3.05) is 0 Å². The Morgan fingerprint density at radius 2 is 1.75 bits per heavy atom. The van der Waals surface area contributed by atoms with Gasteiger partial charge >= 0.3 is 15.4 Å². The van der Waals surface area contributed by atoms with Gasteiger partial charge in [0.15, 0.2) is 6.29 Å². The summed E-state index contributed by atoms with van der Waals surface area (Å²) in [4.78, 5) is 10.9. The molecule has 0 N–H and O–H groups in total. The van der Waals surface area contributed by atoms with E-state index < -0.39 is 26.5 Å². The molecule has 5 nitrogen and oxygen atoms in total. The van der Waals surface area contributed by atoms with Crippen LogP contribution in [-0.2, 0) is 26.4 Å². The van der Waals surface area contributed by atoms with E-state index in [1.165, 1.54) is 6.07 Å². The van der Waals surface area contributed by atoms with Crippen LogP contribution in [0.2, 0.25) is 0 Å². The molecule has 2 rings (SSSR count). The SMILES string of the molecule is O=Cc1ccc(OCc2ccccc2)cc1C(F)(F)S(=O)(=O)OF. The second kappa shape index (κ2) is 7.02. The molecule has 0 atom stereocenters. The first-order valence-electron chi connectivity index (χ1n) is 6.51. The summed E-state index contributed by atoms with van der Waals surface area (Å²) in [5.41, 5.74) is -1.13. The van der Waals surface area contributed by atoms with E-state index in [2.05, 4.69) is 4.39 Å². The van der Waals surface area contributed by atoms with E-state index in [0.717, 1.165) is 11.6 Å². The monoisotopic (exact) mass is 360 g/mol. The van der Waals surface area contributed by atoms with Gasteiger partial charge in [0.2, 0.25) is 0 Å². The van der Waals surface area contributed by atoms with Gasteiger partial charge in [-0.1, -0.05) is 34.7 Å². The summed E-state index contributed by atoms with van der Waals surface area (Å²) < 4.78 is 69.7. The van der Waals surface area contributed by atoms with Gasteiger partial charge in [0, 0.05) is 5.56 Å². The maximum atomic E-state index is 14.0. The largest absolute Gasteiger partial charge is 0.489 e. The van der Waals surface area contributed by atoms with Gasteiger partial charge in [-0.25, -0.2) is 0 Å². The molecule has 2 aromatic carbocycles. The maximum Gasteiger partial charge on any atom is 0.398 e. The lowest BCUT2D eigenvalue weighted by Crippen LogP contribution is -2.27. The minimum Gasteiger partial charge on any atom is -0.489 e. The van der Waals surface area contributed by atoms with Crippen LogP contribution < -0.4 is 4.74 Å². The maximum absolute atomic E-state index is 14.0. The molecule has 2 aromatic rings. The number of hydrogen-bond donors (Lipinski definition) is 0. The average Bonchev–Trinajstić information content (AvgIpc) is 2.60. The van der Waals surface area contributed by atoms with Crippen molar-refractivity contribution < 1.29 is 35.6 Å². The van der Waals surface area contributed by atoms with Crippen molar-refractivity contribution in [2.45, 2.75) is 11.9 Å². The summed E-state index contributed by atoms with van der Waals surface area (Å²) in [5, 5.41) is -4.76. The lowest BCUT2D eigenvalue weighted by molar-refractivity contribution is -0.0291. The van der Waals surface area contributed by atoms with Crippen LogP contribution in [0.5, 0.6) is 5.75 Å². The Kier molecular flexibility index (Phi) is 5.25. The summed E-state index contributed by atoms with van der Waals surface area (Å²) in [5.74, 6) is -0.117. The molecule has 0 heterocycles. The average molecular weight is 360 g/mol. The molecular formula is C15H11F3O5S. The van der Waals surface area contributed by atoms with Crippen LogP contribution in [0.1, 0.15) is 21.5 Å². The Bertz CT molecular complexity index is 822. The summed E-state index contributed by atoms with van der Waals surface area (Å²) in [6.45, 7) is 0.0264. The molecule has 0 unspecified atom stereocenters. The summed E-state index contributed by atoms with van der Waals surface area (Å²) in [7, 11) is -5.88. The Labute approximate surface area is 135 Å². The van der Waals surface area contributed by atoms with Gasteiger partial charge in [0.25, 0.3) is 0 Å². The molecule has 0 radical (unpaired) electrons. The summed E-state index contributed by atoms with van der Waals surface area (Å²) in [6.07, 6.45) is 0.0258. The zero-order valence-electron chi connectivity index (χ0n) is 12.0. The standard InChI is InChI=1S/C15H11F3O5S/c16-15(17,24(20,21)23-18)14-8-13(7-6-12(14)9-19)22-10-11-4-2-1-3-5-11/h1-9H,10H2. The molecule has 0 aromatic heterocycles. The molecular weight excluding hydrogens is 349 g/mol. The third-order valence-corrected chi connectivity index (χ3v) is 4.12. The molecule has 24 heavy (non-hydrogen) atoms. The number of rotatable bonds is 7. The van der Waals surface area contributed by atoms with Crippen molar-refractivity contribution in [1.82, 2.24) is 0 Å². The van der Waals surface area contributed by atoms with Crippen molar-refractivity contribution >= 4 is 16.4 Å². The van der Waals surface area contributed by atoms with Crippen LogP contribution in [0, 0.1) is 0 Å². The number of benzene rings is 2. The number of carbonyl (C=O) groups is 1. The van der Waals surface area contributed by atoms with E-state index in [-0.39, 0.29) is 18.6 Å². The van der Waals surface area contributed by atoms with Crippen molar-refractivity contribution in [3.8, 4) is 5.75 Å². The molecule has 0 bridgehead atoms. The van der Waals surface area contributed by atoms with E-state index >= 15 is 0 Å². The highest BCUT2D eigenvalue weighted by Crippen LogP contribution is 2.38. The van der Waals surface area contributed by atoms with E-state index in [1.807, 2.05) is 0 Å². The molecule has 0 aliphatic heterocycles. The molecule has 0 amide bonds. The number of halogens is 3. The van der Waals surface area contributed by atoms with Gasteiger partial charge in [-0.05, 0) is 28.3 Å². The van der Waals surface area contributed by atoms with Crippen LogP contribution in [0.25, 0.3) is 0 Å². The number of aldehydes is 1. The normalized spacial score (nSPS) is 12.0. The third-order valence-electron chi connectivity index (χ3n) is 3.11. The van der Waals surface area contributed by atoms with Gasteiger partial charge in [-0.2, -0.15) is 17.2 Å². The van der Waals surface area contributed by atoms with E-state index in [0.29, 0.717) is 6.07 Å². The fraction of sp³-hybridized carbons (Fsp3) is 0.133. The molecule has 0 saturated carbocycles. The lowest BCUT2D eigenvalue weighted by Gasteiger charge is -2.17. The number of alkyl halides is 2. The van der Waals surface area contributed by atoms with Gasteiger partial charge in [0.05, 0.1) is 5.56 Å². The fourth-order valence-electron chi connectivity index (χ4n) is 1.90. The van der Waals surface area contributed by atoms with Crippen LogP contribution in [0.15, 0.2) is 48.5 Å². The molecule has 0 spiro atoms. The zero-order valence-corrected chi connectivity index (χ0v) is 12.8. The van der Waals surface area contributed by atoms with Crippen LogP contribution in [-0.4, -0.2) is 14.7 Å². The first-order valence-corrected chi connectivity index (χ1v) is 7.91. The predicted molar refractivity (Wildman–Crippen MR) is 77.6 cm³/mol. The molecule has 9 heteroatoms. The fourth-order valence-corrected chi connectivity index (χ4v) is 2.42. The smallest absolute Gasteiger partial charge is 0.398 e. The number of hydrogen-bond acceptors (Lipinski definition) is 5. The van der Waals surface area contributed by atoms with E-state index in [9.17, 15) is 26.5 Å². The second-order valence-electron chi connectivity index (χ2n) is 4.68. The van der Waals surface area contributed by atoms with Crippen LogP contribution in [0.3, 0.4) is 0 Å². The molecule has 0 saturated heterocycles. The summed E-state index contributed by atoms with van der Waals surface area (Å²) in [6, 6.07) is 11.6. The Morgan fingerprint density at radius 3 is 2.33 bits per heavy atom. The highest BCUT2D eigenvalue weighted by atomic mass is 32.2. The molecule has 0 aliphatic rings. The van der Waals surface area contributed by atoms with Gasteiger partial charge < -0.3 is 4.74 Å².